The first kappa shape index (κ1) is 70.3. The second-order valence-electron chi connectivity index (χ2n) is 24.7. The third-order valence-corrected chi connectivity index (χ3v) is 17.9. The minimum atomic E-state index is -4.51. The van der Waals surface area contributed by atoms with Crippen LogP contribution in [0.25, 0.3) is 32.9 Å². The van der Waals surface area contributed by atoms with E-state index in [9.17, 15) is 42.9 Å². The Labute approximate surface area is 562 Å². The van der Waals surface area contributed by atoms with Crippen LogP contribution >= 0.6 is 0 Å². The number of amides is 3. The van der Waals surface area contributed by atoms with Gasteiger partial charge in [-0.25, -0.2) is 0 Å². The summed E-state index contributed by atoms with van der Waals surface area (Å²) in [5.41, 5.74) is 8.96. The van der Waals surface area contributed by atoms with Crippen molar-refractivity contribution < 1.29 is 60.9 Å². The number of halogens is 3. The number of aryl methyl sites for hydroxylation is 5. The minimum absolute atomic E-state index is 0. The van der Waals surface area contributed by atoms with Crippen molar-refractivity contribution in [2.24, 2.45) is 0 Å². The maximum absolute atomic E-state index is 13.3. The summed E-state index contributed by atoms with van der Waals surface area (Å²) in [4.78, 5) is 51.1. The number of benzene rings is 7. The lowest BCUT2D eigenvalue weighted by Crippen LogP contribution is -2.45. The number of alkyl halides is 3. The molecule has 3 aliphatic rings. The second-order valence-corrected chi connectivity index (χ2v) is 24.7. The van der Waals surface area contributed by atoms with E-state index < -0.39 is 17.6 Å². The second kappa shape index (κ2) is 31.2. The lowest BCUT2D eigenvalue weighted by molar-refractivity contribution is -0.137. The van der Waals surface area contributed by atoms with Gasteiger partial charge in [-0.05, 0) is 137 Å². The monoisotopic (exact) mass is 1330 g/mol. The molecule has 0 spiro atoms. The van der Waals surface area contributed by atoms with E-state index in [1.54, 1.807) is 51.1 Å². The number of fused-ring (bicyclic) bond motifs is 3. The third kappa shape index (κ3) is 16.9. The van der Waals surface area contributed by atoms with Crippen molar-refractivity contribution >= 4 is 67.7 Å². The SMILES string of the molecule is C.CCN1CCN(Cc2c(O)ccc3oc(C)c(C(=O)Nc4cccc(C(F)(F)F)c4)c23)CC1.Cc1cccc(NC(=O)c2c(C)oc3ccc(O)c(CN4CCN(Cc5ccccc5)CC4)c23)c1.Cc1cccc(NC(=O)c2c(C)oc3ccc(O)c(CN4CCOCC4)c23)c1. The number of phenolic OH excluding ortho intramolecular Hbond substituents is 3. The number of carbonyl (C=O) groups is 3. The van der Waals surface area contributed by atoms with Crippen LogP contribution in [0, 0.1) is 34.6 Å². The number of aromatic hydroxyl groups is 3. The summed E-state index contributed by atoms with van der Waals surface area (Å²) in [6.07, 6.45) is -4.51. The highest BCUT2D eigenvalue weighted by Gasteiger charge is 2.32. The Morgan fingerprint density at radius 2 is 0.784 bits per heavy atom. The van der Waals surface area contributed by atoms with E-state index in [1.807, 2.05) is 68.4 Å². The van der Waals surface area contributed by atoms with Crippen molar-refractivity contribution in [2.75, 3.05) is 101 Å². The van der Waals surface area contributed by atoms with Gasteiger partial charge in [-0.2, -0.15) is 13.2 Å². The maximum Gasteiger partial charge on any atom is 0.416 e. The Hall–Kier alpha value is -9.48. The molecule has 21 heteroatoms. The Morgan fingerprint density at radius 1 is 0.433 bits per heavy atom. The number of furan rings is 3. The van der Waals surface area contributed by atoms with Gasteiger partial charge in [0.15, 0.2) is 0 Å². The molecule has 3 fully saturated rings. The van der Waals surface area contributed by atoms with Crippen molar-refractivity contribution in [1.29, 1.82) is 0 Å². The number of anilines is 3. The number of nitrogens with zero attached hydrogens (tertiary/aromatic N) is 5. The zero-order valence-electron chi connectivity index (χ0n) is 54.9. The summed E-state index contributed by atoms with van der Waals surface area (Å²) in [6, 6.07) is 40.2. The van der Waals surface area contributed by atoms with Gasteiger partial charge in [0, 0.05) is 142 Å². The fourth-order valence-corrected chi connectivity index (χ4v) is 12.8. The molecule has 3 aliphatic heterocycles. The van der Waals surface area contributed by atoms with Gasteiger partial charge in [0.1, 0.15) is 51.3 Å². The Bertz CT molecular complexity index is 4410. The molecule has 3 amide bonds. The molecule has 3 aromatic heterocycles. The van der Waals surface area contributed by atoms with Crippen LogP contribution in [0.2, 0.25) is 0 Å². The molecule has 0 aliphatic carbocycles. The molecule has 0 atom stereocenters. The van der Waals surface area contributed by atoms with Crippen LogP contribution < -0.4 is 16.0 Å². The highest BCUT2D eigenvalue weighted by Crippen LogP contribution is 2.39. The van der Waals surface area contributed by atoms with Crippen LogP contribution in [0.1, 0.15) is 102 Å². The summed E-state index contributed by atoms with van der Waals surface area (Å²) in [7, 11) is 0. The topological polar surface area (TPSA) is 213 Å². The molecular weight excluding hydrogens is 1240 g/mol. The van der Waals surface area contributed by atoms with Gasteiger partial charge >= 0.3 is 6.18 Å². The van der Waals surface area contributed by atoms with E-state index in [0.29, 0.717) is 105 Å². The van der Waals surface area contributed by atoms with Gasteiger partial charge in [0.2, 0.25) is 0 Å². The zero-order valence-corrected chi connectivity index (χ0v) is 54.9. The number of phenols is 3. The quantitative estimate of drug-likeness (QED) is 0.0563. The van der Waals surface area contributed by atoms with Gasteiger partial charge in [0.25, 0.3) is 17.7 Å². The number of piperazine rings is 2. The predicted molar refractivity (Wildman–Crippen MR) is 373 cm³/mol. The fraction of sp³-hybridized carbons (Fsp3) is 0.329. The highest BCUT2D eigenvalue weighted by molar-refractivity contribution is 6.16. The van der Waals surface area contributed by atoms with Crippen molar-refractivity contribution in [3.05, 3.63) is 212 Å². The molecule has 13 rings (SSSR count). The summed E-state index contributed by atoms with van der Waals surface area (Å²) in [5, 5.41) is 42.4. The molecule has 6 heterocycles. The first-order valence-electron chi connectivity index (χ1n) is 32.4. The molecule has 0 radical (unpaired) electrons. The molecule has 0 saturated carbocycles. The number of likely N-dealkylation sites (N-methyl/N-ethyl adjacent to an activating group) is 1. The molecule has 7 aromatic carbocycles. The number of hydrogen-bond acceptors (Lipinski definition) is 15. The number of carbonyl (C=O) groups excluding carboxylic acids is 3. The van der Waals surface area contributed by atoms with E-state index in [0.717, 1.165) is 119 Å². The first-order chi connectivity index (χ1) is 46.2. The van der Waals surface area contributed by atoms with Crippen LogP contribution in [0.4, 0.5) is 30.2 Å². The van der Waals surface area contributed by atoms with Crippen molar-refractivity contribution in [3.8, 4) is 17.2 Å². The summed E-state index contributed by atoms with van der Waals surface area (Å²) in [6.45, 7) is 24.8. The van der Waals surface area contributed by atoms with E-state index in [2.05, 4.69) is 71.6 Å². The Morgan fingerprint density at radius 3 is 1.15 bits per heavy atom. The normalized spacial score (nSPS) is 15.1. The summed E-state index contributed by atoms with van der Waals surface area (Å²) >= 11 is 0. The Balaban J connectivity index is 0.000000158. The molecule has 0 bridgehead atoms. The van der Waals surface area contributed by atoms with Crippen LogP contribution in [-0.2, 0) is 37.1 Å². The minimum Gasteiger partial charge on any atom is -0.508 e. The van der Waals surface area contributed by atoms with Gasteiger partial charge < -0.3 is 54.2 Å². The molecule has 18 nitrogen and oxygen atoms in total. The van der Waals surface area contributed by atoms with E-state index in [4.69, 9.17) is 18.0 Å². The molecule has 6 N–H and O–H groups in total. The average Bonchev–Trinajstić information content (AvgIpc) is 1.68. The molecule has 3 saturated heterocycles. The number of nitrogens with one attached hydrogen (secondary N) is 3. The Kier molecular flexibility index (Phi) is 22.6. The zero-order chi connectivity index (χ0) is 67.8. The molecule has 10 aromatic rings. The number of rotatable bonds is 15. The lowest BCUT2D eigenvalue weighted by Gasteiger charge is -2.35. The predicted octanol–water partition coefficient (Wildman–Crippen LogP) is 14.7. The largest absolute Gasteiger partial charge is 0.508 e. The fourth-order valence-electron chi connectivity index (χ4n) is 12.8. The van der Waals surface area contributed by atoms with Crippen LogP contribution in [0.15, 0.2) is 153 Å². The van der Waals surface area contributed by atoms with E-state index in [-0.39, 0.29) is 47.7 Å². The lowest BCUT2D eigenvalue weighted by atomic mass is 10.0. The van der Waals surface area contributed by atoms with Crippen LogP contribution in [0.3, 0.4) is 0 Å². The molecule has 510 valence electrons. The van der Waals surface area contributed by atoms with Crippen LogP contribution in [-0.4, -0.2) is 143 Å². The van der Waals surface area contributed by atoms with E-state index >= 15 is 0 Å². The third-order valence-electron chi connectivity index (χ3n) is 17.9. The standard InChI is InChI=1S/C29H31N3O3.C24H26F3N3O3.C22H24N2O4.CH4/c1-20-7-6-10-23(17-20)30-29(34)27-21(2)35-26-12-11-25(33)24(28(26)27)19-32-15-13-31(14-16-32)18-22-8-4-3-5-9-22;1-3-29-9-11-30(12-10-29)14-18-19(31)7-8-20-22(18)21(15(2)33-20)23(32)28-17-6-4-5-16(13-17)24(25,26)27;1-14-4-3-5-16(12-14)23-22(26)20-15(2)28-19-7-6-18(25)17(21(19)20)13-24-8-10-27-11-9-24;/h3-12,17,33H,13-16,18-19H2,1-2H3,(H,30,34);4-8,13,31H,3,9-12,14H2,1-2H3,(H,28,32);3-7,12,25H,8-11,13H2,1-2H3,(H,23,26);1H4. The number of ether oxygens (including phenoxy) is 1. The van der Waals surface area contributed by atoms with Crippen molar-refractivity contribution in [1.82, 2.24) is 24.5 Å². The number of morpholine rings is 1. The first-order valence-corrected chi connectivity index (χ1v) is 32.4. The van der Waals surface area contributed by atoms with Gasteiger partial charge in [-0.3, -0.25) is 34.0 Å². The maximum atomic E-state index is 13.3. The smallest absolute Gasteiger partial charge is 0.416 e. The van der Waals surface area contributed by atoms with Crippen molar-refractivity contribution in [3.63, 3.8) is 0 Å². The van der Waals surface area contributed by atoms with Gasteiger partial charge in [-0.15, -0.1) is 0 Å². The summed E-state index contributed by atoms with van der Waals surface area (Å²) in [5.74, 6) is 0.763. The molecule has 97 heavy (non-hydrogen) atoms. The van der Waals surface area contributed by atoms with Gasteiger partial charge in [-0.1, -0.05) is 75.0 Å². The van der Waals surface area contributed by atoms with Gasteiger partial charge in [0.05, 0.1) is 35.5 Å². The van der Waals surface area contributed by atoms with Crippen LogP contribution in [0.5, 0.6) is 17.2 Å². The average molecular weight is 1330 g/mol. The highest BCUT2D eigenvalue weighted by atomic mass is 19.4. The van der Waals surface area contributed by atoms with Crippen molar-refractivity contribution in [2.45, 2.75) is 81.3 Å². The molecule has 0 unspecified atom stereocenters. The summed E-state index contributed by atoms with van der Waals surface area (Å²) < 4.78 is 62.2. The number of hydrogen-bond donors (Lipinski definition) is 6. The van der Waals surface area contributed by atoms with E-state index in [1.165, 1.54) is 23.8 Å². The molecular formula is C76H85F3N8O10.